The maximum atomic E-state index is 12.3. The summed E-state index contributed by atoms with van der Waals surface area (Å²) in [7, 11) is 0. The summed E-state index contributed by atoms with van der Waals surface area (Å²) in [6.07, 6.45) is 2.96. The number of rotatable bonds is 6. The predicted molar refractivity (Wildman–Crippen MR) is 80.5 cm³/mol. The molecule has 2 amide bonds. The SMILES string of the molecule is CCCN(CCC)C(=O)CN1CCCN(C(C)=O)CC1. The van der Waals surface area contributed by atoms with Crippen LogP contribution in [0.5, 0.6) is 0 Å². The summed E-state index contributed by atoms with van der Waals surface area (Å²) < 4.78 is 0. The zero-order valence-corrected chi connectivity index (χ0v) is 13.2. The molecule has 20 heavy (non-hydrogen) atoms. The smallest absolute Gasteiger partial charge is 0.236 e. The molecule has 0 unspecified atom stereocenters. The third kappa shape index (κ3) is 5.49. The fourth-order valence-corrected chi connectivity index (χ4v) is 2.64. The topological polar surface area (TPSA) is 43.9 Å². The van der Waals surface area contributed by atoms with Crippen LogP contribution in [0, 0.1) is 0 Å². The average molecular weight is 283 g/mol. The number of carbonyl (C=O) groups excluding carboxylic acids is 2. The van der Waals surface area contributed by atoms with E-state index in [1.807, 2.05) is 9.80 Å². The third-order valence-corrected chi connectivity index (χ3v) is 3.73. The van der Waals surface area contributed by atoms with Crippen molar-refractivity contribution in [3.8, 4) is 0 Å². The van der Waals surface area contributed by atoms with Gasteiger partial charge in [0.2, 0.25) is 11.8 Å². The first-order valence-electron chi connectivity index (χ1n) is 7.84. The molecule has 0 aromatic heterocycles. The summed E-state index contributed by atoms with van der Waals surface area (Å²) in [5, 5.41) is 0. The second kappa shape index (κ2) is 8.95. The Morgan fingerprint density at radius 3 is 2.20 bits per heavy atom. The molecule has 5 heteroatoms. The zero-order valence-electron chi connectivity index (χ0n) is 13.2. The lowest BCUT2D eigenvalue weighted by molar-refractivity contribution is -0.132. The zero-order chi connectivity index (χ0) is 15.0. The van der Waals surface area contributed by atoms with Crippen molar-refractivity contribution in [1.82, 2.24) is 14.7 Å². The van der Waals surface area contributed by atoms with Gasteiger partial charge in [0.15, 0.2) is 0 Å². The largest absolute Gasteiger partial charge is 0.342 e. The lowest BCUT2D eigenvalue weighted by Crippen LogP contribution is -2.42. The van der Waals surface area contributed by atoms with Crippen LogP contribution >= 0.6 is 0 Å². The van der Waals surface area contributed by atoms with Crippen molar-refractivity contribution in [2.45, 2.75) is 40.0 Å². The van der Waals surface area contributed by atoms with E-state index < -0.39 is 0 Å². The van der Waals surface area contributed by atoms with E-state index in [0.717, 1.165) is 58.5 Å². The van der Waals surface area contributed by atoms with Crippen LogP contribution in [-0.4, -0.2) is 72.3 Å². The van der Waals surface area contributed by atoms with Gasteiger partial charge in [-0.05, 0) is 19.3 Å². The quantitative estimate of drug-likeness (QED) is 0.735. The highest BCUT2D eigenvalue weighted by molar-refractivity contribution is 5.78. The molecule has 5 nitrogen and oxygen atoms in total. The minimum Gasteiger partial charge on any atom is -0.342 e. The van der Waals surface area contributed by atoms with Crippen molar-refractivity contribution in [2.75, 3.05) is 45.8 Å². The Balaban J connectivity index is 2.46. The summed E-state index contributed by atoms with van der Waals surface area (Å²) in [6, 6.07) is 0. The Bertz CT molecular complexity index is 314. The van der Waals surface area contributed by atoms with Crippen LogP contribution in [0.3, 0.4) is 0 Å². The predicted octanol–water partition coefficient (Wildman–Crippen LogP) is 1.19. The molecular formula is C15H29N3O2. The number of hydrogen-bond acceptors (Lipinski definition) is 3. The molecule has 116 valence electrons. The van der Waals surface area contributed by atoms with Crippen molar-refractivity contribution in [3.05, 3.63) is 0 Å². The summed E-state index contributed by atoms with van der Waals surface area (Å²) in [5.74, 6) is 0.363. The first-order valence-corrected chi connectivity index (χ1v) is 7.84. The van der Waals surface area contributed by atoms with Gasteiger partial charge >= 0.3 is 0 Å². The minimum atomic E-state index is 0.136. The van der Waals surface area contributed by atoms with E-state index in [2.05, 4.69) is 18.7 Å². The van der Waals surface area contributed by atoms with Gasteiger partial charge in [-0.25, -0.2) is 0 Å². The van der Waals surface area contributed by atoms with E-state index in [-0.39, 0.29) is 11.8 Å². The van der Waals surface area contributed by atoms with Gasteiger partial charge in [-0.3, -0.25) is 14.5 Å². The number of carbonyl (C=O) groups is 2. The van der Waals surface area contributed by atoms with Crippen LogP contribution in [0.25, 0.3) is 0 Å². The molecule has 1 aliphatic heterocycles. The second-order valence-electron chi connectivity index (χ2n) is 5.52. The van der Waals surface area contributed by atoms with Crippen molar-refractivity contribution in [2.24, 2.45) is 0 Å². The van der Waals surface area contributed by atoms with Gasteiger partial charge < -0.3 is 9.80 Å². The Kier molecular flexibility index (Phi) is 7.59. The molecule has 0 aromatic rings. The Morgan fingerprint density at radius 2 is 1.65 bits per heavy atom. The normalized spacial score (nSPS) is 16.9. The Morgan fingerprint density at radius 1 is 1.00 bits per heavy atom. The van der Waals surface area contributed by atoms with Crippen LogP contribution < -0.4 is 0 Å². The van der Waals surface area contributed by atoms with Gasteiger partial charge in [0.25, 0.3) is 0 Å². The molecule has 1 aliphatic rings. The summed E-state index contributed by atoms with van der Waals surface area (Å²) >= 11 is 0. The van der Waals surface area contributed by atoms with Crippen molar-refractivity contribution in [1.29, 1.82) is 0 Å². The average Bonchev–Trinajstić information content (AvgIpc) is 2.64. The fourth-order valence-electron chi connectivity index (χ4n) is 2.64. The van der Waals surface area contributed by atoms with E-state index in [1.54, 1.807) is 6.92 Å². The molecule has 0 aromatic carbocycles. The van der Waals surface area contributed by atoms with E-state index in [0.29, 0.717) is 6.54 Å². The summed E-state index contributed by atoms with van der Waals surface area (Å²) in [5.41, 5.74) is 0. The highest BCUT2D eigenvalue weighted by Gasteiger charge is 2.20. The van der Waals surface area contributed by atoms with Gasteiger partial charge in [-0.15, -0.1) is 0 Å². The molecule has 1 rings (SSSR count). The van der Waals surface area contributed by atoms with Crippen molar-refractivity contribution >= 4 is 11.8 Å². The molecule has 0 saturated carbocycles. The molecule has 0 spiro atoms. The van der Waals surface area contributed by atoms with Crippen LogP contribution in [-0.2, 0) is 9.59 Å². The van der Waals surface area contributed by atoms with Gasteiger partial charge in [-0.2, -0.15) is 0 Å². The van der Waals surface area contributed by atoms with E-state index in [9.17, 15) is 9.59 Å². The van der Waals surface area contributed by atoms with Gasteiger partial charge in [0.1, 0.15) is 0 Å². The molecule has 0 N–H and O–H groups in total. The highest BCUT2D eigenvalue weighted by atomic mass is 16.2. The van der Waals surface area contributed by atoms with Crippen LogP contribution in [0.1, 0.15) is 40.0 Å². The maximum absolute atomic E-state index is 12.3. The molecule has 0 radical (unpaired) electrons. The van der Waals surface area contributed by atoms with E-state index in [4.69, 9.17) is 0 Å². The minimum absolute atomic E-state index is 0.136. The summed E-state index contributed by atoms with van der Waals surface area (Å²) in [4.78, 5) is 29.7. The highest BCUT2D eigenvalue weighted by Crippen LogP contribution is 2.05. The molecule has 1 fully saturated rings. The summed E-state index contributed by atoms with van der Waals surface area (Å²) in [6.45, 7) is 11.3. The van der Waals surface area contributed by atoms with Crippen LogP contribution in [0.2, 0.25) is 0 Å². The van der Waals surface area contributed by atoms with E-state index >= 15 is 0 Å². The van der Waals surface area contributed by atoms with Crippen LogP contribution in [0.15, 0.2) is 0 Å². The standard InChI is InChI=1S/C15H29N3O2/c1-4-7-18(8-5-2)15(20)13-16-9-6-10-17(12-11-16)14(3)19/h4-13H2,1-3H3. The first kappa shape index (κ1) is 17.0. The second-order valence-corrected chi connectivity index (χ2v) is 5.52. The molecule has 0 atom stereocenters. The number of nitrogens with zero attached hydrogens (tertiary/aromatic N) is 3. The lowest BCUT2D eigenvalue weighted by atomic mass is 10.3. The van der Waals surface area contributed by atoms with Crippen LogP contribution in [0.4, 0.5) is 0 Å². The number of amides is 2. The molecule has 0 bridgehead atoms. The van der Waals surface area contributed by atoms with E-state index in [1.165, 1.54) is 0 Å². The molecule has 1 saturated heterocycles. The molecule has 1 heterocycles. The molecular weight excluding hydrogens is 254 g/mol. The molecule has 0 aliphatic carbocycles. The third-order valence-electron chi connectivity index (χ3n) is 3.73. The lowest BCUT2D eigenvalue weighted by Gasteiger charge is -2.26. The first-order chi connectivity index (χ1) is 9.58. The number of hydrogen-bond donors (Lipinski definition) is 0. The Labute approximate surface area is 122 Å². The maximum Gasteiger partial charge on any atom is 0.236 e. The van der Waals surface area contributed by atoms with Gasteiger partial charge in [0.05, 0.1) is 6.54 Å². The van der Waals surface area contributed by atoms with Crippen molar-refractivity contribution in [3.63, 3.8) is 0 Å². The monoisotopic (exact) mass is 283 g/mol. The van der Waals surface area contributed by atoms with Gasteiger partial charge in [0, 0.05) is 46.2 Å². The van der Waals surface area contributed by atoms with Crippen molar-refractivity contribution < 1.29 is 9.59 Å². The van der Waals surface area contributed by atoms with Gasteiger partial charge in [-0.1, -0.05) is 13.8 Å². The Hall–Kier alpha value is -1.10. The fraction of sp³-hybridized carbons (Fsp3) is 0.867.